The smallest absolute Gasteiger partial charge is 0.267 e. The normalized spacial score (nSPS) is 10.2. The largest absolute Gasteiger partial charge is 0.289 e. The van der Waals surface area contributed by atoms with Crippen molar-refractivity contribution >= 4 is 34.8 Å². The SMILES string of the molecule is O=C(NNC(=O)c1csc(-c2ccc(Cl)cc2)n1)c1cccnc1. The van der Waals surface area contributed by atoms with Gasteiger partial charge in [0.15, 0.2) is 0 Å². The van der Waals surface area contributed by atoms with Gasteiger partial charge in [0.2, 0.25) is 0 Å². The summed E-state index contributed by atoms with van der Waals surface area (Å²) in [6, 6.07) is 10.4. The molecule has 0 radical (unpaired) electrons. The minimum Gasteiger partial charge on any atom is -0.267 e. The number of hydrogen-bond donors (Lipinski definition) is 2. The molecule has 1 aromatic carbocycles. The number of hydrogen-bond acceptors (Lipinski definition) is 5. The average Bonchev–Trinajstić information content (AvgIpc) is 3.11. The molecule has 0 bridgehead atoms. The van der Waals surface area contributed by atoms with Crippen molar-refractivity contribution in [1.82, 2.24) is 20.8 Å². The lowest BCUT2D eigenvalue weighted by Crippen LogP contribution is -2.41. The van der Waals surface area contributed by atoms with Gasteiger partial charge in [0.25, 0.3) is 11.8 Å². The molecule has 0 atom stereocenters. The van der Waals surface area contributed by atoms with E-state index in [0.29, 0.717) is 15.6 Å². The first-order valence-electron chi connectivity index (χ1n) is 6.85. The lowest BCUT2D eigenvalue weighted by molar-refractivity contribution is 0.0844. The van der Waals surface area contributed by atoms with Gasteiger partial charge in [0.1, 0.15) is 10.7 Å². The van der Waals surface area contributed by atoms with Crippen LogP contribution in [0.25, 0.3) is 10.6 Å². The molecule has 3 aromatic rings. The van der Waals surface area contributed by atoms with Crippen molar-refractivity contribution in [3.63, 3.8) is 0 Å². The molecule has 0 spiro atoms. The Labute approximate surface area is 146 Å². The van der Waals surface area contributed by atoms with Crippen molar-refractivity contribution in [2.24, 2.45) is 0 Å². The van der Waals surface area contributed by atoms with Crippen molar-refractivity contribution in [3.05, 3.63) is 70.5 Å². The van der Waals surface area contributed by atoms with Crippen LogP contribution in [0.15, 0.2) is 54.2 Å². The maximum atomic E-state index is 12.1. The third kappa shape index (κ3) is 3.76. The molecule has 120 valence electrons. The molecule has 2 heterocycles. The zero-order chi connectivity index (χ0) is 16.9. The minimum atomic E-state index is -0.497. The molecule has 0 aliphatic rings. The molecular formula is C16H11ClN4O2S. The van der Waals surface area contributed by atoms with Crippen LogP contribution in [0.2, 0.25) is 5.02 Å². The van der Waals surface area contributed by atoms with Crippen LogP contribution in [0.5, 0.6) is 0 Å². The molecule has 3 rings (SSSR count). The van der Waals surface area contributed by atoms with Crippen molar-refractivity contribution in [2.75, 3.05) is 0 Å². The third-order valence-corrected chi connectivity index (χ3v) is 4.18. The molecule has 0 saturated carbocycles. The Morgan fingerprint density at radius 3 is 2.50 bits per heavy atom. The number of nitrogens with zero attached hydrogens (tertiary/aromatic N) is 2. The molecule has 0 aliphatic heterocycles. The van der Waals surface area contributed by atoms with Gasteiger partial charge in [-0.3, -0.25) is 25.4 Å². The van der Waals surface area contributed by atoms with Crippen molar-refractivity contribution in [3.8, 4) is 10.6 Å². The molecule has 2 N–H and O–H groups in total. The van der Waals surface area contributed by atoms with Crippen LogP contribution in [0.4, 0.5) is 0 Å². The number of nitrogens with one attached hydrogen (secondary N) is 2. The summed E-state index contributed by atoms with van der Waals surface area (Å²) in [6.07, 6.45) is 2.96. The van der Waals surface area contributed by atoms with Gasteiger partial charge in [-0.2, -0.15) is 0 Å². The number of aromatic nitrogens is 2. The van der Waals surface area contributed by atoms with E-state index in [1.165, 1.54) is 17.5 Å². The monoisotopic (exact) mass is 358 g/mol. The number of halogens is 1. The quantitative estimate of drug-likeness (QED) is 0.705. The lowest BCUT2D eigenvalue weighted by atomic mass is 10.2. The third-order valence-electron chi connectivity index (χ3n) is 3.04. The van der Waals surface area contributed by atoms with Gasteiger partial charge in [-0.15, -0.1) is 11.3 Å². The molecule has 2 aromatic heterocycles. The standard InChI is InChI=1S/C16H11ClN4O2S/c17-12-5-3-10(4-6-12)16-19-13(9-24-16)15(23)21-20-14(22)11-2-1-7-18-8-11/h1-9H,(H,20,22)(H,21,23). The predicted molar refractivity (Wildman–Crippen MR) is 91.7 cm³/mol. The van der Waals surface area contributed by atoms with E-state index >= 15 is 0 Å². The summed E-state index contributed by atoms with van der Waals surface area (Å²) in [5.41, 5.74) is 6.08. The fourth-order valence-electron chi connectivity index (χ4n) is 1.85. The number of thiazole rings is 1. The number of hydrazine groups is 1. The molecule has 0 fully saturated rings. The topological polar surface area (TPSA) is 84.0 Å². The predicted octanol–water partition coefficient (Wildman–Crippen LogP) is 2.93. The molecule has 24 heavy (non-hydrogen) atoms. The first-order valence-corrected chi connectivity index (χ1v) is 8.11. The second kappa shape index (κ2) is 7.20. The van der Waals surface area contributed by atoms with Crippen molar-refractivity contribution in [1.29, 1.82) is 0 Å². The number of carbonyl (C=O) groups excluding carboxylic acids is 2. The lowest BCUT2D eigenvalue weighted by Gasteiger charge is -2.05. The van der Waals surface area contributed by atoms with E-state index in [2.05, 4.69) is 20.8 Å². The van der Waals surface area contributed by atoms with Crippen LogP contribution in [0.1, 0.15) is 20.8 Å². The first kappa shape index (κ1) is 16.1. The highest BCUT2D eigenvalue weighted by atomic mass is 35.5. The Morgan fingerprint density at radius 1 is 1.04 bits per heavy atom. The van der Waals surface area contributed by atoms with Crippen molar-refractivity contribution in [2.45, 2.75) is 0 Å². The molecule has 2 amide bonds. The summed E-state index contributed by atoms with van der Waals surface area (Å²) < 4.78 is 0. The number of benzene rings is 1. The Morgan fingerprint density at radius 2 is 1.79 bits per heavy atom. The van der Waals surface area contributed by atoms with E-state index in [-0.39, 0.29) is 5.69 Å². The summed E-state index contributed by atoms with van der Waals surface area (Å²) in [5.74, 6) is -0.951. The van der Waals surface area contributed by atoms with Gasteiger partial charge in [0, 0.05) is 28.4 Å². The zero-order valence-electron chi connectivity index (χ0n) is 12.2. The molecule has 0 aliphatic carbocycles. The molecule has 0 saturated heterocycles. The van der Waals surface area contributed by atoms with E-state index in [0.717, 1.165) is 5.56 Å². The zero-order valence-corrected chi connectivity index (χ0v) is 13.8. The second-order valence-electron chi connectivity index (χ2n) is 4.69. The summed E-state index contributed by atoms with van der Waals surface area (Å²) in [6.45, 7) is 0. The number of carbonyl (C=O) groups is 2. The van der Waals surface area contributed by atoms with E-state index in [1.807, 2.05) is 12.1 Å². The van der Waals surface area contributed by atoms with E-state index < -0.39 is 11.8 Å². The van der Waals surface area contributed by atoms with Gasteiger partial charge in [0.05, 0.1) is 5.56 Å². The summed E-state index contributed by atoms with van der Waals surface area (Å²) in [4.78, 5) is 32.0. The van der Waals surface area contributed by atoms with Gasteiger partial charge < -0.3 is 0 Å². The fourth-order valence-corrected chi connectivity index (χ4v) is 2.78. The fraction of sp³-hybridized carbons (Fsp3) is 0. The van der Waals surface area contributed by atoms with Crippen LogP contribution < -0.4 is 10.9 Å². The van der Waals surface area contributed by atoms with E-state index in [1.54, 1.807) is 35.8 Å². The van der Waals surface area contributed by atoms with Gasteiger partial charge in [-0.25, -0.2) is 4.98 Å². The van der Waals surface area contributed by atoms with Crippen LogP contribution in [-0.2, 0) is 0 Å². The minimum absolute atomic E-state index is 0.219. The van der Waals surface area contributed by atoms with Crippen molar-refractivity contribution < 1.29 is 9.59 Å². The Hall–Kier alpha value is -2.77. The van der Waals surface area contributed by atoms with E-state index in [9.17, 15) is 9.59 Å². The molecule has 8 heteroatoms. The van der Waals surface area contributed by atoms with Crippen LogP contribution in [0.3, 0.4) is 0 Å². The molecule has 6 nitrogen and oxygen atoms in total. The number of rotatable bonds is 3. The average molecular weight is 359 g/mol. The maximum absolute atomic E-state index is 12.1. The highest BCUT2D eigenvalue weighted by Gasteiger charge is 2.13. The van der Waals surface area contributed by atoms with Crippen LogP contribution in [-0.4, -0.2) is 21.8 Å². The highest BCUT2D eigenvalue weighted by molar-refractivity contribution is 7.13. The molecule has 0 unspecified atom stereocenters. The Balaban J connectivity index is 1.64. The van der Waals surface area contributed by atoms with Gasteiger partial charge in [-0.05, 0) is 24.3 Å². The second-order valence-corrected chi connectivity index (χ2v) is 5.99. The summed E-state index contributed by atoms with van der Waals surface area (Å²) in [7, 11) is 0. The summed E-state index contributed by atoms with van der Waals surface area (Å²) >= 11 is 7.18. The van der Waals surface area contributed by atoms with Crippen LogP contribution >= 0.6 is 22.9 Å². The number of amides is 2. The highest BCUT2D eigenvalue weighted by Crippen LogP contribution is 2.24. The maximum Gasteiger partial charge on any atom is 0.289 e. The van der Waals surface area contributed by atoms with Gasteiger partial charge >= 0.3 is 0 Å². The Bertz CT molecular complexity index is 865. The number of pyridine rings is 1. The van der Waals surface area contributed by atoms with Crippen LogP contribution in [0, 0.1) is 0 Å². The Kier molecular flexibility index (Phi) is 4.83. The van der Waals surface area contributed by atoms with E-state index in [4.69, 9.17) is 11.6 Å². The first-order chi connectivity index (χ1) is 11.6. The summed E-state index contributed by atoms with van der Waals surface area (Å²) in [5, 5.41) is 2.94. The van der Waals surface area contributed by atoms with Gasteiger partial charge in [-0.1, -0.05) is 23.7 Å². The molecular weight excluding hydrogens is 348 g/mol.